The van der Waals surface area contributed by atoms with Crippen LogP contribution in [0.5, 0.6) is 0 Å². The second-order valence-electron chi connectivity index (χ2n) is 5.69. The third-order valence-electron chi connectivity index (χ3n) is 4.68. The van der Waals surface area contributed by atoms with Crippen LogP contribution >= 0.6 is 0 Å². The van der Waals surface area contributed by atoms with E-state index in [9.17, 15) is 22.8 Å². The molecule has 0 aromatic carbocycles. The summed E-state index contributed by atoms with van der Waals surface area (Å²) in [5.74, 6) is -1.47. The van der Waals surface area contributed by atoms with Gasteiger partial charge in [-0.1, -0.05) is 33.1 Å². The molecule has 116 valence electrons. The fourth-order valence-corrected chi connectivity index (χ4v) is 3.10. The Bertz CT molecular complexity index is 351. The van der Waals surface area contributed by atoms with E-state index in [1.807, 2.05) is 0 Å². The summed E-state index contributed by atoms with van der Waals surface area (Å²) in [6.45, 7) is 2.72. The average molecular weight is 292 g/mol. The number of carbonyl (C=O) groups is 2. The Balaban J connectivity index is 2.78. The third-order valence-corrected chi connectivity index (χ3v) is 4.68. The second kappa shape index (κ2) is 6.72. The van der Waals surface area contributed by atoms with Gasteiger partial charge in [0.25, 0.3) is 0 Å². The number of hydrogen-bond acceptors (Lipinski definition) is 2. The van der Waals surface area contributed by atoms with Crippen LogP contribution in [-0.2, 0) is 9.59 Å². The van der Waals surface area contributed by atoms with Crippen molar-refractivity contribution in [3.63, 3.8) is 0 Å². The fraction of sp³-hybridized carbons (Fsp3) is 0.867. The summed E-state index contributed by atoms with van der Waals surface area (Å²) in [5.41, 5.74) is -2.35. The van der Waals surface area contributed by atoms with Crippen molar-refractivity contribution >= 4 is 11.6 Å². The molecule has 0 unspecified atom stereocenters. The van der Waals surface area contributed by atoms with Gasteiger partial charge in [-0.2, -0.15) is 13.2 Å². The quantitative estimate of drug-likeness (QED) is 0.677. The maximum atomic E-state index is 13.2. The van der Waals surface area contributed by atoms with Gasteiger partial charge < -0.3 is 0 Å². The van der Waals surface area contributed by atoms with Gasteiger partial charge in [0, 0.05) is 5.92 Å². The third kappa shape index (κ3) is 3.41. The van der Waals surface area contributed by atoms with Crippen LogP contribution in [0.2, 0.25) is 0 Å². The van der Waals surface area contributed by atoms with Gasteiger partial charge in [0.05, 0.1) is 6.42 Å². The van der Waals surface area contributed by atoms with Gasteiger partial charge in [0.1, 0.15) is 11.2 Å². The lowest BCUT2D eigenvalue weighted by Gasteiger charge is -2.32. The molecule has 1 rings (SSSR count). The first-order chi connectivity index (χ1) is 9.28. The summed E-state index contributed by atoms with van der Waals surface area (Å²) in [4.78, 5) is 24.1. The van der Waals surface area contributed by atoms with Crippen molar-refractivity contribution in [3.8, 4) is 0 Å². The minimum Gasteiger partial charge on any atom is -0.299 e. The highest BCUT2D eigenvalue weighted by Crippen LogP contribution is 2.45. The van der Waals surface area contributed by atoms with E-state index in [-0.39, 0.29) is 24.5 Å². The van der Waals surface area contributed by atoms with Crippen LogP contribution in [0.25, 0.3) is 0 Å². The highest BCUT2D eigenvalue weighted by Gasteiger charge is 2.57. The molecule has 20 heavy (non-hydrogen) atoms. The van der Waals surface area contributed by atoms with E-state index in [1.54, 1.807) is 0 Å². The van der Waals surface area contributed by atoms with Crippen molar-refractivity contribution < 1.29 is 22.8 Å². The summed E-state index contributed by atoms with van der Waals surface area (Å²) in [6, 6.07) is 0. The van der Waals surface area contributed by atoms with Crippen molar-refractivity contribution in [2.75, 3.05) is 0 Å². The lowest BCUT2D eigenvalue weighted by molar-refractivity contribution is -0.222. The predicted octanol–water partition coefficient (Wildman–Crippen LogP) is 4.46. The Morgan fingerprint density at radius 3 is 1.90 bits per heavy atom. The minimum atomic E-state index is -4.58. The molecule has 1 aliphatic carbocycles. The van der Waals surface area contributed by atoms with Crippen molar-refractivity contribution in [3.05, 3.63) is 0 Å². The average Bonchev–Trinajstić information content (AvgIpc) is 2.40. The molecule has 0 bridgehead atoms. The molecule has 1 fully saturated rings. The molecule has 1 aliphatic rings. The number of hydrogen-bond donors (Lipinski definition) is 0. The molecule has 5 heteroatoms. The normalized spacial score (nSPS) is 18.1. The van der Waals surface area contributed by atoms with Gasteiger partial charge in [-0.05, 0) is 25.7 Å². The van der Waals surface area contributed by atoms with Gasteiger partial charge in [0.15, 0.2) is 5.78 Å². The smallest absolute Gasteiger partial charge is 0.299 e. The van der Waals surface area contributed by atoms with Crippen LogP contribution in [0.3, 0.4) is 0 Å². The van der Waals surface area contributed by atoms with Crippen molar-refractivity contribution in [1.82, 2.24) is 0 Å². The molecule has 0 saturated heterocycles. The van der Waals surface area contributed by atoms with Crippen LogP contribution in [0, 0.1) is 11.3 Å². The summed E-state index contributed by atoms with van der Waals surface area (Å²) in [5, 5.41) is 0. The number of carbonyl (C=O) groups excluding carboxylic acids is 2. The van der Waals surface area contributed by atoms with Crippen LogP contribution in [0.15, 0.2) is 0 Å². The molecule has 1 saturated carbocycles. The summed E-state index contributed by atoms with van der Waals surface area (Å²) < 4.78 is 39.6. The Hall–Kier alpha value is -0.870. The molecule has 2 nitrogen and oxygen atoms in total. The first kappa shape index (κ1) is 17.2. The topological polar surface area (TPSA) is 34.1 Å². The van der Waals surface area contributed by atoms with Crippen LogP contribution < -0.4 is 0 Å². The molecule has 0 atom stereocenters. The van der Waals surface area contributed by atoms with E-state index in [1.165, 1.54) is 13.8 Å². The van der Waals surface area contributed by atoms with Gasteiger partial charge in [-0.3, -0.25) is 9.59 Å². The highest BCUT2D eigenvalue weighted by molar-refractivity contribution is 6.03. The SMILES string of the molecule is CCC(CC)(C(=O)CC(=O)C1CCCCC1)C(F)(F)F. The van der Waals surface area contributed by atoms with Crippen LogP contribution in [-0.4, -0.2) is 17.7 Å². The zero-order valence-electron chi connectivity index (χ0n) is 12.2. The van der Waals surface area contributed by atoms with Crippen molar-refractivity contribution in [2.24, 2.45) is 11.3 Å². The maximum absolute atomic E-state index is 13.2. The summed E-state index contributed by atoms with van der Waals surface area (Å²) in [7, 11) is 0. The largest absolute Gasteiger partial charge is 0.401 e. The van der Waals surface area contributed by atoms with Crippen molar-refractivity contribution in [2.45, 2.75) is 71.4 Å². The van der Waals surface area contributed by atoms with E-state index in [2.05, 4.69) is 0 Å². The minimum absolute atomic E-state index is 0.215. The Morgan fingerprint density at radius 2 is 1.50 bits per heavy atom. The number of ketones is 2. The van der Waals surface area contributed by atoms with Crippen LogP contribution in [0.1, 0.15) is 65.2 Å². The predicted molar refractivity (Wildman–Crippen MR) is 70.3 cm³/mol. The molecule has 0 amide bonds. The Morgan fingerprint density at radius 1 is 1.00 bits per heavy atom. The molecule has 0 aromatic rings. The summed E-state index contributed by atoms with van der Waals surface area (Å²) >= 11 is 0. The van der Waals surface area contributed by atoms with Crippen LogP contribution in [0.4, 0.5) is 13.2 Å². The molecule has 0 aliphatic heterocycles. The number of Topliss-reactive ketones (excluding diaryl/α,β-unsaturated/α-hetero) is 2. The van der Waals surface area contributed by atoms with E-state index in [0.29, 0.717) is 12.8 Å². The Labute approximate surface area is 118 Å². The number of halogens is 3. The summed E-state index contributed by atoms with van der Waals surface area (Å²) in [6.07, 6.45) is -1.41. The first-order valence-electron chi connectivity index (χ1n) is 7.41. The molecule has 0 heterocycles. The molecular formula is C15H23F3O2. The standard InChI is InChI=1S/C15H23F3O2/c1-3-14(4-2,15(16,17)18)13(20)10-12(19)11-8-6-5-7-9-11/h11H,3-10H2,1-2H3. The van der Waals surface area contributed by atoms with Gasteiger partial charge in [-0.15, -0.1) is 0 Å². The van der Waals surface area contributed by atoms with E-state index < -0.39 is 23.8 Å². The maximum Gasteiger partial charge on any atom is 0.401 e. The Kier molecular flexibility index (Phi) is 5.78. The second-order valence-corrected chi connectivity index (χ2v) is 5.69. The van der Waals surface area contributed by atoms with Crippen molar-refractivity contribution in [1.29, 1.82) is 0 Å². The zero-order valence-corrected chi connectivity index (χ0v) is 12.2. The monoisotopic (exact) mass is 292 g/mol. The molecular weight excluding hydrogens is 269 g/mol. The lowest BCUT2D eigenvalue weighted by Crippen LogP contribution is -2.45. The lowest BCUT2D eigenvalue weighted by atomic mass is 9.74. The molecule has 0 spiro atoms. The first-order valence-corrected chi connectivity index (χ1v) is 7.41. The molecule has 0 radical (unpaired) electrons. The van der Waals surface area contributed by atoms with E-state index >= 15 is 0 Å². The van der Waals surface area contributed by atoms with E-state index in [0.717, 1.165) is 19.3 Å². The molecule has 0 aromatic heterocycles. The van der Waals surface area contributed by atoms with Gasteiger partial charge in [-0.25, -0.2) is 0 Å². The van der Waals surface area contributed by atoms with Gasteiger partial charge in [0.2, 0.25) is 0 Å². The zero-order chi connectivity index (χ0) is 15.4. The number of rotatable bonds is 6. The molecule has 0 N–H and O–H groups in total. The highest BCUT2D eigenvalue weighted by atomic mass is 19.4. The van der Waals surface area contributed by atoms with E-state index in [4.69, 9.17) is 0 Å². The van der Waals surface area contributed by atoms with Gasteiger partial charge >= 0.3 is 6.18 Å². The fourth-order valence-electron chi connectivity index (χ4n) is 3.10. The number of alkyl halides is 3.